The molecule has 170 valence electrons. The number of amides is 2. The van der Waals surface area contributed by atoms with Gasteiger partial charge in [-0.25, -0.2) is 9.18 Å². The summed E-state index contributed by atoms with van der Waals surface area (Å²) in [7, 11) is 0. The molecule has 2 amide bonds. The Labute approximate surface area is 176 Å². The molecule has 0 aliphatic carbocycles. The van der Waals surface area contributed by atoms with Crippen molar-refractivity contribution in [2.45, 2.75) is 77.6 Å². The SMILES string of the molecule is CCCCN(C(=O)Nc1ccc(F)c(C(F)(F)F)c1)C1CCN(C(C)CCC)CC1. The Balaban J connectivity index is 2.08. The van der Waals surface area contributed by atoms with Crippen LogP contribution in [0.15, 0.2) is 18.2 Å². The van der Waals surface area contributed by atoms with Gasteiger partial charge in [0.2, 0.25) is 0 Å². The molecule has 1 unspecified atom stereocenters. The van der Waals surface area contributed by atoms with E-state index in [-0.39, 0.29) is 11.7 Å². The van der Waals surface area contributed by atoms with Gasteiger partial charge in [0.25, 0.3) is 0 Å². The minimum absolute atomic E-state index is 0.0455. The summed E-state index contributed by atoms with van der Waals surface area (Å²) >= 11 is 0. The van der Waals surface area contributed by atoms with E-state index in [1.54, 1.807) is 4.90 Å². The fourth-order valence-electron chi connectivity index (χ4n) is 4.03. The molecule has 8 heteroatoms. The Morgan fingerprint density at radius 2 is 1.90 bits per heavy atom. The number of hydrogen-bond acceptors (Lipinski definition) is 2. The quantitative estimate of drug-likeness (QED) is 0.503. The molecular weight excluding hydrogens is 398 g/mol. The summed E-state index contributed by atoms with van der Waals surface area (Å²) in [5.74, 6) is -1.35. The number of halogens is 4. The Kier molecular flexibility index (Phi) is 8.94. The molecule has 30 heavy (non-hydrogen) atoms. The predicted molar refractivity (Wildman–Crippen MR) is 111 cm³/mol. The number of nitrogens with zero attached hydrogens (tertiary/aromatic N) is 2. The van der Waals surface area contributed by atoms with Crippen LogP contribution < -0.4 is 5.32 Å². The zero-order valence-electron chi connectivity index (χ0n) is 18.1. The van der Waals surface area contributed by atoms with Gasteiger partial charge in [-0.1, -0.05) is 26.7 Å². The van der Waals surface area contributed by atoms with Crippen LogP contribution in [0.25, 0.3) is 0 Å². The van der Waals surface area contributed by atoms with E-state index >= 15 is 0 Å². The van der Waals surface area contributed by atoms with Gasteiger partial charge in [-0.2, -0.15) is 13.2 Å². The highest BCUT2D eigenvalue weighted by molar-refractivity contribution is 5.89. The van der Waals surface area contributed by atoms with Crippen molar-refractivity contribution in [3.05, 3.63) is 29.6 Å². The number of unbranched alkanes of at least 4 members (excludes halogenated alkanes) is 1. The molecule has 1 aliphatic heterocycles. The van der Waals surface area contributed by atoms with Gasteiger partial charge in [-0.15, -0.1) is 0 Å². The van der Waals surface area contributed by atoms with Crippen LogP contribution in [0.2, 0.25) is 0 Å². The van der Waals surface area contributed by atoms with E-state index in [9.17, 15) is 22.4 Å². The maximum atomic E-state index is 13.5. The van der Waals surface area contributed by atoms with E-state index in [0.29, 0.717) is 18.7 Å². The highest BCUT2D eigenvalue weighted by Gasteiger charge is 2.35. The van der Waals surface area contributed by atoms with Crippen molar-refractivity contribution in [1.29, 1.82) is 0 Å². The van der Waals surface area contributed by atoms with Crippen molar-refractivity contribution < 1.29 is 22.4 Å². The number of benzene rings is 1. The summed E-state index contributed by atoms with van der Waals surface area (Å²) in [6.45, 7) is 8.76. The average molecular weight is 432 g/mol. The molecule has 0 bridgehead atoms. The molecule has 1 N–H and O–H groups in total. The Hall–Kier alpha value is -1.83. The van der Waals surface area contributed by atoms with Gasteiger partial charge in [0, 0.05) is 37.4 Å². The molecule has 0 radical (unpaired) electrons. The lowest BCUT2D eigenvalue weighted by Gasteiger charge is -2.40. The molecule has 0 saturated carbocycles. The van der Waals surface area contributed by atoms with Crippen molar-refractivity contribution in [1.82, 2.24) is 9.80 Å². The number of carbonyl (C=O) groups excluding carboxylic acids is 1. The first-order chi connectivity index (χ1) is 14.2. The molecule has 0 spiro atoms. The molecule has 2 rings (SSSR count). The summed E-state index contributed by atoms with van der Waals surface area (Å²) in [5, 5.41) is 2.55. The van der Waals surface area contributed by atoms with E-state index in [1.165, 1.54) is 0 Å². The van der Waals surface area contributed by atoms with E-state index in [2.05, 4.69) is 24.1 Å². The van der Waals surface area contributed by atoms with E-state index in [0.717, 1.165) is 63.7 Å². The topological polar surface area (TPSA) is 35.6 Å². The zero-order valence-corrected chi connectivity index (χ0v) is 18.1. The number of alkyl halides is 3. The van der Waals surface area contributed by atoms with Gasteiger partial charge in [-0.05, 0) is 50.8 Å². The van der Waals surface area contributed by atoms with Crippen molar-refractivity contribution in [2.75, 3.05) is 25.0 Å². The highest BCUT2D eigenvalue weighted by atomic mass is 19.4. The van der Waals surface area contributed by atoms with E-state index < -0.39 is 23.6 Å². The molecule has 1 aromatic rings. The number of urea groups is 1. The van der Waals surface area contributed by atoms with Crippen molar-refractivity contribution in [3.63, 3.8) is 0 Å². The number of piperidine rings is 1. The number of anilines is 1. The number of likely N-dealkylation sites (tertiary alicyclic amines) is 1. The predicted octanol–water partition coefficient (Wildman–Crippen LogP) is 6.13. The Morgan fingerprint density at radius 3 is 2.47 bits per heavy atom. The standard InChI is InChI=1S/C22H33F4N3O/c1-4-6-12-29(18-10-13-28(14-11-18)16(3)7-5-2)21(30)27-17-8-9-20(23)19(15-17)22(24,25)26/h8-9,15-16,18H,4-7,10-14H2,1-3H3,(H,27,30). The molecule has 1 aliphatic rings. The van der Waals surface area contributed by atoms with Gasteiger partial charge in [0.15, 0.2) is 0 Å². The second-order valence-corrected chi connectivity index (χ2v) is 8.07. The third-order valence-electron chi connectivity index (χ3n) is 5.81. The lowest BCUT2D eigenvalue weighted by atomic mass is 10.00. The summed E-state index contributed by atoms with van der Waals surface area (Å²) in [5.41, 5.74) is -1.43. The molecule has 1 fully saturated rings. The highest BCUT2D eigenvalue weighted by Crippen LogP contribution is 2.33. The van der Waals surface area contributed by atoms with Crippen LogP contribution in [0.1, 0.15) is 64.9 Å². The van der Waals surface area contributed by atoms with Crippen LogP contribution in [0, 0.1) is 5.82 Å². The molecular formula is C22H33F4N3O. The fourth-order valence-corrected chi connectivity index (χ4v) is 4.03. The average Bonchev–Trinajstić information content (AvgIpc) is 2.69. The first-order valence-corrected chi connectivity index (χ1v) is 10.9. The number of hydrogen-bond donors (Lipinski definition) is 1. The van der Waals surface area contributed by atoms with Crippen LogP contribution >= 0.6 is 0 Å². The lowest BCUT2D eigenvalue weighted by molar-refractivity contribution is -0.139. The number of rotatable bonds is 8. The molecule has 1 heterocycles. The minimum atomic E-state index is -4.81. The van der Waals surface area contributed by atoms with Crippen molar-refractivity contribution in [2.24, 2.45) is 0 Å². The van der Waals surface area contributed by atoms with Gasteiger partial charge in [0.05, 0.1) is 5.56 Å². The first-order valence-electron chi connectivity index (χ1n) is 10.9. The van der Waals surface area contributed by atoms with Crippen LogP contribution in [-0.4, -0.2) is 47.5 Å². The van der Waals surface area contributed by atoms with Crippen LogP contribution in [-0.2, 0) is 6.18 Å². The zero-order chi connectivity index (χ0) is 22.3. The van der Waals surface area contributed by atoms with Gasteiger partial charge >= 0.3 is 12.2 Å². The molecule has 1 atom stereocenters. The number of nitrogens with one attached hydrogen (secondary N) is 1. The van der Waals surface area contributed by atoms with Gasteiger partial charge < -0.3 is 15.1 Å². The summed E-state index contributed by atoms with van der Waals surface area (Å²) in [6, 6.07) is 2.68. The van der Waals surface area contributed by atoms with Crippen molar-refractivity contribution >= 4 is 11.7 Å². The fraction of sp³-hybridized carbons (Fsp3) is 0.682. The Morgan fingerprint density at radius 1 is 1.23 bits per heavy atom. The van der Waals surface area contributed by atoms with E-state index in [1.807, 2.05) is 6.92 Å². The summed E-state index contributed by atoms with van der Waals surface area (Å²) in [6.07, 6.45) is 0.849. The Bertz CT molecular complexity index is 687. The van der Waals surface area contributed by atoms with Crippen LogP contribution in [0.3, 0.4) is 0 Å². The van der Waals surface area contributed by atoms with Crippen LogP contribution in [0.5, 0.6) is 0 Å². The summed E-state index contributed by atoms with van der Waals surface area (Å²) in [4.78, 5) is 17.1. The minimum Gasteiger partial charge on any atom is -0.321 e. The molecule has 1 aromatic carbocycles. The third kappa shape index (κ3) is 6.59. The second kappa shape index (κ2) is 11.0. The smallest absolute Gasteiger partial charge is 0.321 e. The monoisotopic (exact) mass is 431 g/mol. The van der Waals surface area contributed by atoms with Crippen LogP contribution in [0.4, 0.5) is 28.0 Å². The van der Waals surface area contributed by atoms with E-state index in [4.69, 9.17) is 0 Å². The van der Waals surface area contributed by atoms with Gasteiger partial charge in [0.1, 0.15) is 5.82 Å². The van der Waals surface area contributed by atoms with Gasteiger partial charge in [-0.3, -0.25) is 0 Å². The molecule has 0 aromatic heterocycles. The molecule has 1 saturated heterocycles. The molecule has 4 nitrogen and oxygen atoms in total. The third-order valence-corrected chi connectivity index (χ3v) is 5.81. The summed E-state index contributed by atoms with van der Waals surface area (Å²) < 4.78 is 52.4. The first kappa shape index (κ1) is 24.4. The lowest BCUT2D eigenvalue weighted by Crippen LogP contribution is -2.50. The maximum absolute atomic E-state index is 13.5. The normalized spacial score (nSPS) is 17.0. The largest absolute Gasteiger partial charge is 0.419 e. The second-order valence-electron chi connectivity index (χ2n) is 8.07. The maximum Gasteiger partial charge on any atom is 0.419 e. The van der Waals surface area contributed by atoms with Crippen molar-refractivity contribution in [3.8, 4) is 0 Å². The number of carbonyl (C=O) groups is 1.